The molecule has 0 saturated carbocycles. The Bertz CT molecular complexity index is 834. The third kappa shape index (κ3) is 3.74. The Morgan fingerprint density at radius 2 is 2.28 bits per heavy atom. The van der Waals surface area contributed by atoms with Gasteiger partial charge < -0.3 is 15.8 Å². The van der Waals surface area contributed by atoms with Crippen molar-refractivity contribution in [3.63, 3.8) is 0 Å². The van der Waals surface area contributed by atoms with Crippen LogP contribution >= 0.6 is 0 Å². The van der Waals surface area contributed by atoms with Gasteiger partial charge in [-0.2, -0.15) is 0 Å². The molecule has 1 aromatic rings. The number of nitrogens with two attached hydrogens (primary N) is 1. The largest absolute Gasteiger partial charge is 0.375 e. The van der Waals surface area contributed by atoms with Gasteiger partial charge in [0.15, 0.2) is 0 Å². The summed E-state index contributed by atoms with van der Waals surface area (Å²) in [6.45, 7) is 1.51. The van der Waals surface area contributed by atoms with Gasteiger partial charge in [0.1, 0.15) is 27.9 Å². The number of nitrogens with zero attached hydrogens (tertiary/aromatic N) is 3. The average Bonchev–Trinajstić information content (AvgIpc) is 2.54. The number of carbonyl (C=O) groups excluding carboxylic acids is 1. The smallest absolute Gasteiger partial charge is 0.250 e. The van der Waals surface area contributed by atoms with Crippen LogP contribution in [0.1, 0.15) is 12.5 Å². The Kier molecular flexibility index (Phi) is 5.33. The normalized spacial score (nSPS) is 26.1. The highest BCUT2D eigenvalue weighted by Crippen LogP contribution is 2.35. The first kappa shape index (κ1) is 19.1. The molecule has 1 amide bonds. The summed E-state index contributed by atoms with van der Waals surface area (Å²) in [5, 5.41) is 2.61. The highest BCUT2D eigenvalue weighted by Gasteiger charge is 2.40. The summed E-state index contributed by atoms with van der Waals surface area (Å²) in [5.74, 6) is -0.923. The van der Waals surface area contributed by atoms with Crippen LogP contribution in [0.5, 0.6) is 0 Å². The maximum Gasteiger partial charge on any atom is 0.250 e. The van der Waals surface area contributed by atoms with Crippen molar-refractivity contribution in [1.29, 1.82) is 0 Å². The van der Waals surface area contributed by atoms with Gasteiger partial charge in [-0.25, -0.2) is 18.0 Å². The van der Waals surface area contributed by atoms with Gasteiger partial charge in [0.2, 0.25) is 11.9 Å². The predicted octanol–water partition coefficient (Wildman–Crippen LogP) is 0.899. The van der Waals surface area contributed by atoms with Crippen molar-refractivity contribution in [3.05, 3.63) is 29.6 Å². The van der Waals surface area contributed by atoms with Crippen LogP contribution in [-0.2, 0) is 25.0 Å². The fourth-order valence-electron chi connectivity index (χ4n) is 2.63. The van der Waals surface area contributed by atoms with Crippen molar-refractivity contribution < 1.29 is 18.1 Å². The molecule has 0 fully saturated rings. The Labute approximate surface area is 146 Å². The average molecular weight is 371 g/mol. The van der Waals surface area contributed by atoms with E-state index < -0.39 is 21.3 Å². The number of anilines is 1. The number of guanidine groups is 1. The number of aliphatic imine (C=N–C) groups is 1. The number of hydrogen-bond acceptors (Lipinski definition) is 6. The first-order chi connectivity index (χ1) is 11.6. The number of benzene rings is 1. The van der Waals surface area contributed by atoms with E-state index >= 15 is 0 Å². The van der Waals surface area contributed by atoms with Crippen molar-refractivity contribution in [1.82, 2.24) is 4.31 Å². The molecule has 2 atom stereocenters. The quantitative estimate of drug-likeness (QED) is 0.819. The van der Waals surface area contributed by atoms with Crippen LogP contribution in [0.25, 0.3) is 0 Å². The Morgan fingerprint density at radius 3 is 2.88 bits per heavy atom. The van der Waals surface area contributed by atoms with Crippen molar-refractivity contribution in [2.24, 2.45) is 15.1 Å². The molecule has 138 valence electrons. The molecular formula is C15H22FN5O3S. The summed E-state index contributed by atoms with van der Waals surface area (Å²) >= 11 is 0. The summed E-state index contributed by atoms with van der Waals surface area (Å²) in [6, 6.07) is 4.11. The number of methoxy groups -OCH3 is 1. The first-order valence-electron chi connectivity index (χ1n) is 7.46. The van der Waals surface area contributed by atoms with E-state index in [0.29, 0.717) is 5.69 Å². The lowest BCUT2D eigenvalue weighted by atomic mass is 9.93. The third-order valence-electron chi connectivity index (χ3n) is 3.97. The molecule has 1 unspecified atom stereocenters. The Hall–Kier alpha value is -2.20. The van der Waals surface area contributed by atoms with E-state index in [2.05, 4.69) is 14.7 Å². The molecule has 1 heterocycles. The molecule has 0 saturated heterocycles. The van der Waals surface area contributed by atoms with Crippen molar-refractivity contribution >= 4 is 27.5 Å². The molecule has 3 N–H and O–H groups in total. The highest BCUT2D eigenvalue weighted by molar-refractivity contribution is 7.92. The lowest BCUT2D eigenvalue weighted by Gasteiger charge is -2.37. The number of carbonyl (C=O) groups is 1. The maximum atomic E-state index is 14.5. The van der Waals surface area contributed by atoms with Gasteiger partial charge in [-0.15, -0.1) is 0 Å². The lowest BCUT2D eigenvalue weighted by Crippen LogP contribution is -2.50. The summed E-state index contributed by atoms with van der Waals surface area (Å²) in [5.41, 5.74) is 5.26. The minimum absolute atomic E-state index is 0.0116. The zero-order valence-electron chi connectivity index (χ0n) is 14.6. The summed E-state index contributed by atoms with van der Waals surface area (Å²) in [4.78, 5) is 16.0. The molecule has 1 aromatic carbocycles. The van der Waals surface area contributed by atoms with Crippen LogP contribution in [0.3, 0.4) is 0 Å². The molecule has 0 aromatic heterocycles. The van der Waals surface area contributed by atoms with Gasteiger partial charge in [0.25, 0.3) is 0 Å². The lowest BCUT2D eigenvalue weighted by molar-refractivity contribution is -0.119. The van der Waals surface area contributed by atoms with Crippen LogP contribution in [-0.4, -0.2) is 53.9 Å². The van der Waals surface area contributed by atoms with Gasteiger partial charge in [0.05, 0.1) is 5.75 Å². The van der Waals surface area contributed by atoms with Gasteiger partial charge in [0, 0.05) is 32.5 Å². The molecule has 0 radical (unpaired) electrons. The number of halogens is 1. The molecule has 25 heavy (non-hydrogen) atoms. The number of nitrogens with one attached hydrogen (secondary N) is 1. The van der Waals surface area contributed by atoms with Crippen LogP contribution in [0.2, 0.25) is 0 Å². The Morgan fingerprint density at radius 1 is 1.60 bits per heavy atom. The minimum atomic E-state index is -2.84. The van der Waals surface area contributed by atoms with E-state index in [4.69, 9.17) is 10.5 Å². The second-order valence-electron chi connectivity index (χ2n) is 5.85. The molecule has 1 aliphatic heterocycles. The van der Waals surface area contributed by atoms with Crippen molar-refractivity contribution in [2.45, 2.75) is 12.5 Å². The summed E-state index contributed by atoms with van der Waals surface area (Å²) in [7, 11) is 1.52. The molecule has 1 aliphatic rings. The molecule has 8 nitrogen and oxygen atoms in total. The fraction of sp³-hybridized carbons (Fsp3) is 0.467. The second kappa shape index (κ2) is 6.96. The van der Waals surface area contributed by atoms with Gasteiger partial charge in [-0.1, -0.05) is 0 Å². The van der Waals surface area contributed by atoms with Crippen LogP contribution in [0, 0.1) is 5.82 Å². The predicted molar refractivity (Wildman–Crippen MR) is 95.0 cm³/mol. The second-order valence-corrected chi connectivity index (χ2v) is 8.27. The maximum absolute atomic E-state index is 14.5. The zero-order chi connectivity index (χ0) is 18.8. The van der Waals surface area contributed by atoms with Gasteiger partial charge in [-0.3, -0.25) is 9.10 Å². The van der Waals surface area contributed by atoms with E-state index in [-0.39, 0.29) is 29.8 Å². The topological polar surface area (TPSA) is 109 Å². The molecule has 2 rings (SSSR count). The molecular weight excluding hydrogens is 349 g/mol. The highest BCUT2D eigenvalue weighted by atomic mass is 32.2. The number of ether oxygens (including phenoxy) is 1. The van der Waals surface area contributed by atoms with Crippen molar-refractivity contribution in [2.75, 3.05) is 38.9 Å². The van der Waals surface area contributed by atoms with E-state index in [1.165, 1.54) is 43.7 Å². The van der Waals surface area contributed by atoms with Gasteiger partial charge >= 0.3 is 0 Å². The molecule has 10 heteroatoms. The van der Waals surface area contributed by atoms with E-state index in [1.807, 2.05) is 0 Å². The van der Waals surface area contributed by atoms with Crippen LogP contribution in [0.15, 0.2) is 27.6 Å². The van der Waals surface area contributed by atoms with Crippen molar-refractivity contribution in [3.8, 4) is 0 Å². The fourth-order valence-corrected chi connectivity index (χ4v) is 4.49. The third-order valence-corrected chi connectivity index (χ3v) is 6.52. The zero-order valence-corrected chi connectivity index (χ0v) is 15.4. The standard InChI is InChI=1S/C15H22FN5O3S/c1-15(9-25(23,18-2)21(3)14(17)20-15)11-7-10(5-6-12(11)16)19-13(22)8-24-4/h5-7H,8-9H2,1-4H3,(H2,17,20)(H,19,22)/t15-,25?/m0/s1. The van der Waals surface area contributed by atoms with E-state index in [1.54, 1.807) is 6.92 Å². The van der Waals surface area contributed by atoms with E-state index in [0.717, 1.165) is 0 Å². The monoisotopic (exact) mass is 371 g/mol. The first-order valence-corrected chi connectivity index (χ1v) is 9.10. The minimum Gasteiger partial charge on any atom is -0.375 e. The van der Waals surface area contributed by atoms with E-state index in [9.17, 15) is 13.4 Å². The van der Waals surface area contributed by atoms with Crippen LogP contribution < -0.4 is 11.1 Å². The summed E-state index contributed by atoms with van der Waals surface area (Å²) < 4.78 is 37.4. The number of hydrogen-bond donors (Lipinski definition) is 2. The Balaban J connectivity index is 2.50. The number of rotatable bonds is 4. The molecule has 0 spiro atoms. The molecule has 0 aliphatic carbocycles. The van der Waals surface area contributed by atoms with Gasteiger partial charge in [-0.05, 0) is 25.1 Å². The van der Waals surface area contributed by atoms with Crippen LogP contribution in [0.4, 0.5) is 10.1 Å². The SMILES string of the molecule is CN=S1(=O)C[C@@](C)(c2cc(NC(=O)COC)ccc2F)N=C(N)N1C. The number of amides is 1. The molecule has 0 bridgehead atoms. The summed E-state index contributed by atoms with van der Waals surface area (Å²) in [6.07, 6.45) is 0.